The van der Waals surface area contributed by atoms with Gasteiger partial charge in [0.2, 0.25) is 5.28 Å². The summed E-state index contributed by atoms with van der Waals surface area (Å²) >= 11 is 6.33. The lowest BCUT2D eigenvalue weighted by Crippen LogP contribution is -2.37. The molecular formula is C23H27ClN4O3. The van der Waals surface area contributed by atoms with Crippen LogP contribution in [0.4, 0.5) is 10.6 Å². The Labute approximate surface area is 186 Å². The number of benzene rings is 1. The number of halogens is 1. The molecule has 0 radical (unpaired) electrons. The Morgan fingerprint density at radius 1 is 1.19 bits per heavy atom. The first kappa shape index (κ1) is 21.6. The van der Waals surface area contributed by atoms with Crippen LogP contribution < -0.4 is 4.90 Å². The van der Waals surface area contributed by atoms with Gasteiger partial charge in [0.15, 0.2) is 5.82 Å². The summed E-state index contributed by atoms with van der Waals surface area (Å²) in [6.07, 6.45) is 1.35. The second kappa shape index (κ2) is 8.85. The molecule has 0 saturated carbocycles. The van der Waals surface area contributed by atoms with Crippen molar-refractivity contribution in [3.05, 3.63) is 59.0 Å². The molecule has 8 heteroatoms. The molecule has 2 aromatic heterocycles. The van der Waals surface area contributed by atoms with Crippen LogP contribution in [0.5, 0.6) is 0 Å². The van der Waals surface area contributed by atoms with Gasteiger partial charge in [0, 0.05) is 24.8 Å². The fraction of sp³-hybridized carbons (Fsp3) is 0.435. The van der Waals surface area contributed by atoms with E-state index in [4.69, 9.17) is 21.1 Å². The van der Waals surface area contributed by atoms with Gasteiger partial charge in [-0.2, -0.15) is 4.98 Å². The van der Waals surface area contributed by atoms with Crippen LogP contribution in [0.2, 0.25) is 5.28 Å². The fourth-order valence-corrected chi connectivity index (χ4v) is 3.94. The number of anilines is 1. The van der Waals surface area contributed by atoms with E-state index in [0.29, 0.717) is 23.8 Å². The van der Waals surface area contributed by atoms with Crippen LogP contribution in [0, 0.1) is 0 Å². The molecule has 0 spiro atoms. The number of hydrogen-bond donors (Lipinski definition) is 0. The van der Waals surface area contributed by atoms with Crippen LogP contribution in [0.3, 0.4) is 0 Å². The summed E-state index contributed by atoms with van der Waals surface area (Å²) in [5, 5.41) is 4.52. The largest absolute Gasteiger partial charge is 0.443 e. The van der Waals surface area contributed by atoms with Crippen LogP contribution in [0.1, 0.15) is 50.8 Å². The van der Waals surface area contributed by atoms with Crippen molar-refractivity contribution in [3.63, 3.8) is 0 Å². The minimum absolute atomic E-state index is 0.0774. The van der Waals surface area contributed by atoms with Gasteiger partial charge in [-0.1, -0.05) is 30.3 Å². The molecule has 7 nitrogen and oxygen atoms in total. The summed E-state index contributed by atoms with van der Waals surface area (Å²) in [5.74, 6) is 0.746. The van der Waals surface area contributed by atoms with Crippen LogP contribution in [0.25, 0.3) is 5.52 Å². The van der Waals surface area contributed by atoms with Gasteiger partial charge in [-0.3, -0.25) is 4.90 Å². The second-order valence-electron chi connectivity index (χ2n) is 8.70. The SMILES string of the molecule is CC(C)(C)OC(=O)N(Cc1ccccc1)c1nc(Cl)nn2c(C3CCOCC3)ccc12. The molecule has 0 atom stereocenters. The number of ether oxygens (including phenoxy) is 2. The Kier molecular flexibility index (Phi) is 6.16. The number of fused-ring (bicyclic) bond motifs is 1. The van der Waals surface area contributed by atoms with Gasteiger partial charge in [-0.15, -0.1) is 5.10 Å². The lowest BCUT2D eigenvalue weighted by atomic mass is 9.97. The molecule has 4 rings (SSSR count). The summed E-state index contributed by atoms with van der Waals surface area (Å²) in [4.78, 5) is 19.2. The van der Waals surface area contributed by atoms with Crippen molar-refractivity contribution in [2.75, 3.05) is 18.1 Å². The summed E-state index contributed by atoms with van der Waals surface area (Å²) in [7, 11) is 0. The zero-order valence-electron chi connectivity index (χ0n) is 18.0. The number of carbonyl (C=O) groups excluding carboxylic acids is 1. The van der Waals surface area contributed by atoms with E-state index in [2.05, 4.69) is 10.1 Å². The highest BCUT2D eigenvalue weighted by Crippen LogP contribution is 2.32. The number of carbonyl (C=O) groups is 1. The predicted molar refractivity (Wildman–Crippen MR) is 120 cm³/mol. The highest BCUT2D eigenvalue weighted by Gasteiger charge is 2.28. The van der Waals surface area contributed by atoms with Crippen molar-refractivity contribution in [2.45, 2.75) is 51.7 Å². The zero-order valence-corrected chi connectivity index (χ0v) is 18.8. The van der Waals surface area contributed by atoms with Crippen LogP contribution >= 0.6 is 11.6 Å². The van der Waals surface area contributed by atoms with Gasteiger partial charge in [0.25, 0.3) is 0 Å². The minimum atomic E-state index is -0.644. The van der Waals surface area contributed by atoms with Gasteiger partial charge in [-0.05, 0) is 62.9 Å². The molecule has 31 heavy (non-hydrogen) atoms. The number of nitrogens with zero attached hydrogens (tertiary/aromatic N) is 4. The first-order valence-corrected chi connectivity index (χ1v) is 10.9. The van der Waals surface area contributed by atoms with E-state index < -0.39 is 11.7 Å². The average molecular weight is 443 g/mol. The van der Waals surface area contributed by atoms with E-state index >= 15 is 0 Å². The van der Waals surface area contributed by atoms with E-state index in [0.717, 1.165) is 37.3 Å². The van der Waals surface area contributed by atoms with Crippen LogP contribution in [-0.2, 0) is 16.0 Å². The number of rotatable bonds is 4. The Balaban J connectivity index is 1.78. The molecule has 3 aromatic rings. The Hall–Kier alpha value is -2.64. The smallest absolute Gasteiger partial charge is 0.416 e. The quantitative estimate of drug-likeness (QED) is 0.554. The lowest BCUT2D eigenvalue weighted by molar-refractivity contribution is 0.0576. The first-order chi connectivity index (χ1) is 14.8. The molecule has 1 aromatic carbocycles. The topological polar surface area (TPSA) is 69.0 Å². The second-order valence-corrected chi connectivity index (χ2v) is 9.04. The number of hydrogen-bond acceptors (Lipinski definition) is 5. The highest BCUT2D eigenvalue weighted by molar-refractivity contribution is 6.28. The third kappa shape index (κ3) is 4.99. The normalized spacial score (nSPS) is 15.2. The average Bonchev–Trinajstić information content (AvgIpc) is 3.15. The van der Waals surface area contributed by atoms with E-state index in [1.165, 1.54) is 4.90 Å². The van der Waals surface area contributed by atoms with Gasteiger partial charge in [0.05, 0.1) is 6.54 Å². The van der Waals surface area contributed by atoms with E-state index in [-0.39, 0.29) is 5.28 Å². The third-order valence-corrected chi connectivity index (χ3v) is 5.35. The molecular weight excluding hydrogens is 416 g/mol. The summed E-state index contributed by atoms with van der Waals surface area (Å²) in [6, 6.07) is 13.7. The molecule has 1 fully saturated rings. The summed E-state index contributed by atoms with van der Waals surface area (Å²) in [6.45, 7) is 7.28. The molecule has 3 heterocycles. The lowest BCUT2D eigenvalue weighted by Gasteiger charge is -2.27. The van der Waals surface area contributed by atoms with Crippen molar-refractivity contribution < 1.29 is 14.3 Å². The number of amides is 1. The molecule has 1 saturated heterocycles. The Morgan fingerprint density at radius 3 is 2.58 bits per heavy atom. The standard InChI is InChI=1S/C23H27ClN4O3/c1-23(2,3)31-22(29)27(15-16-7-5-4-6-8-16)20-19-10-9-18(17-11-13-30-14-12-17)28(19)26-21(24)25-20/h4-10,17H,11-15H2,1-3H3. The Morgan fingerprint density at radius 2 is 1.90 bits per heavy atom. The first-order valence-electron chi connectivity index (χ1n) is 10.5. The van der Waals surface area contributed by atoms with Gasteiger partial charge >= 0.3 is 6.09 Å². The van der Waals surface area contributed by atoms with Gasteiger partial charge < -0.3 is 9.47 Å². The monoisotopic (exact) mass is 442 g/mol. The third-order valence-electron chi connectivity index (χ3n) is 5.19. The predicted octanol–water partition coefficient (Wildman–Crippen LogP) is 5.22. The molecule has 1 aliphatic heterocycles. The molecule has 0 aliphatic carbocycles. The van der Waals surface area contributed by atoms with Crippen molar-refractivity contribution in [1.29, 1.82) is 0 Å². The van der Waals surface area contributed by atoms with E-state index in [1.807, 2.05) is 67.8 Å². The van der Waals surface area contributed by atoms with Crippen molar-refractivity contribution >= 4 is 29.0 Å². The van der Waals surface area contributed by atoms with Crippen LogP contribution in [0.15, 0.2) is 42.5 Å². The molecule has 0 unspecified atom stereocenters. The summed E-state index contributed by atoms with van der Waals surface area (Å²) < 4.78 is 13.0. The van der Waals surface area contributed by atoms with Gasteiger partial charge in [0.1, 0.15) is 11.1 Å². The molecule has 1 aliphatic rings. The van der Waals surface area contributed by atoms with Crippen LogP contribution in [-0.4, -0.2) is 39.5 Å². The highest BCUT2D eigenvalue weighted by atomic mass is 35.5. The van der Waals surface area contributed by atoms with E-state index in [1.54, 1.807) is 0 Å². The fourth-order valence-electron chi connectivity index (χ4n) is 3.78. The Bertz CT molecular complexity index is 1060. The zero-order chi connectivity index (χ0) is 22.0. The molecule has 1 amide bonds. The van der Waals surface area contributed by atoms with Crippen molar-refractivity contribution in [2.24, 2.45) is 0 Å². The van der Waals surface area contributed by atoms with Crippen molar-refractivity contribution in [3.8, 4) is 0 Å². The maximum atomic E-state index is 13.2. The van der Waals surface area contributed by atoms with Crippen molar-refractivity contribution in [1.82, 2.24) is 14.6 Å². The molecule has 0 N–H and O–H groups in total. The number of aromatic nitrogens is 3. The molecule has 0 bridgehead atoms. The maximum Gasteiger partial charge on any atom is 0.416 e. The molecule has 164 valence electrons. The summed E-state index contributed by atoms with van der Waals surface area (Å²) in [5.41, 5.74) is 2.08. The van der Waals surface area contributed by atoms with Gasteiger partial charge in [-0.25, -0.2) is 9.31 Å². The maximum absolute atomic E-state index is 13.2. The minimum Gasteiger partial charge on any atom is -0.443 e. The van der Waals surface area contributed by atoms with E-state index in [9.17, 15) is 4.79 Å².